The van der Waals surface area contributed by atoms with Crippen molar-refractivity contribution < 1.29 is 4.52 Å². The Morgan fingerprint density at radius 3 is 2.58 bits per heavy atom. The molecule has 0 atom stereocenters. The monoisotopic (exact) mass is 267 g/mol. The van der Waals surface area contributed by atoms with Crippen molar-refractivity contribution in [1.82, 2.24) is 15.4 Å². The number of rotatable bonds is 7. The minimum absolute atomic E-state index is 0.103. The van der Waals surface area contributed by atoms with Crippen LogP contribution in [-0.2, 0) is 13.1 Å². The maximum absolute atomic E-state index is 5.41. The van der Waals surface area contributed by atoms with Gasteiger partial charge in [0.2, 0.25) is 0 Å². The first-order valence-corrected chi connectivity index (χ1v) is 7.22. The second-order valence-corrected chi connectivity index (χ2v) is 6.61. The largest absolute Gasteiger partial charge is 0.360 e. The van der Waals surface area contributed by atoms with Crippen molar-refractivity contribution in [3.63, 3.8) is 0 Å². The van der Waals surface area contributed by atoms with Crippen LogP contribution in [0.5, 0.6) is 0 Å². The van der Waals surface area contributed by atoms with Crippen LogP contribution in [-0.4, -0.2) is 28.7 Å². The highest BCUT2D eigenvalue weighted by atomic mass is 16.5. The van der Waals surface area contributed by atoms with Crippen LogP contribution >= 0.6 is 0 Å². The van der Waals surface area contributed by atoms with Crippen molar-refractivity contribution in [3.05, 3.63) is 17.5 Å². The smallest absolute Gasteiger partial charge is 0.151 e. The summed E-state index contributed by atoms with van der Waals surface area (Å²) in [6.07, 6.45) is 0. The van der Waals surface area contributed by atoms with Crippen LogP contribution in [0.2, 0.25) is 0 Å². The topological polar surface area (TPSA) is 41.3 Å². The zero-order valence-electron chi connectivity index (χ0n) is 13.3. The van der Waals surface area contributed by atoms with Gasteiger partial charge in [0, 0.05) is 24.7 Å². The fraction of sp³-hybridized carbons (Fsp3) is 0.800. The van der Waals surface area contributed by atoms with Crippen molar-refractivity contribution in [2.75, 3.05) is 13.1 Å². The summed E-state index contributed by atoms with van der Waals surface area (Å²) >= 11 is 0. The second kappa shape index (κ2) is 7.06. The SMILES string of the molecule is CCN(Cc1cc(CNC(C)(C)C)no1)CC(C)C. The predicted octanol–water partition coefficient (Wildman–Crippen LogP) is 3.04. The maximum atomic E-state index is 5.41. The molecule has 1 N–H and O–H groups in total. The average molecular weight is 267 g/mol. The van der Waals surface area contributed by atoms with E-state index in [1.54, 1.807) is 0 Å². The van der Waals surface area contributed by atoms with Crippen LogP contribution in [0.4, 0.5) is 0 Å². The molecule has 0 aliphatic carbocycles. The van der Waals surface area contributed by atoms with Crippen LogP contribution in [0.3, 0.4) is 0 Å². The summed E-state index contributed by atoms with van der Waals surface area (Å²) in [7, 11) is 0. The van der Waals surface area contributed by atoms with Gasteiger partial charge < -0.3 is 9.84 Å². The number of nitrogens with zero attached hydrogens (tertiary/aromatic N) is 2. The molecular weight excluding hydrogens is 238 g/mol. The van der Waals surface area contributed by atoms with Gasteiger partial charge in [0.15, 0.2) is 5.76 Å². The Bertz CT molecular complexity index is 366. The van der Waals surface area contributed by atoms with Gasteiger partial charge in [-0.2, -0.15) is 0 Å². The molecule has 1 aromatic rings. The van der Waals surface area contributed by atoms with Crippen LogP contribution in [0.15, 0.2) is 10.6 Å². The minimum atomic E-state index is 0.103. The molecule has 0 aliphatic heterocycles. The highest BCUT2D eigenvalue weighted by molar-refractivity contribution is 5.05. The molecular formula is C15H29N3O. The van der Waals surface area contributed by atoms with E-state index in [4.69, 9.17) is 4.52 Å². The van der Waals surface area contributed by atoms with E-state index in [0.717, 1.165) is 37.6 Å². The molecule has 0 fully saturated rings. The fourth-order valence-electron chi connectivity index (χ4n) is 1.91. The van der Waals surface area contributed by atoms with Crippen LogP contribution < -0.4 is 5.32 Å². The van der Waals surface area contributed by atoms with Crippen LogP contribution in [0, 0.1) is 5.92 Å². The zero-order valence-corrected chi connectivity index (χ0v) is 13.3. The molecule has 19 heavy (non-hydrogen) atoms. The van der Waals surface area contributed by atoms with E-state index in [0.29, 0.717) is 5.92 Å². The maximum Gasteiger partial charge on any atom is 0.151 e. The highest BCUT2D eigenvalue weighted by Crippen LogP contribution is 2.10. The normalized spacial score (nSPS) is 12.6. The number of nitrogens with one attached hydrogen (secondary N) is 1. The van der Waals surface area contributed by atoms with Crippen molar-refractivity contribution in [1.29, 1.82) is 0 Å². The average Bonchev–Trinajstić information content (AvgIpc) is 2.72. The van der Waals surface area contributed by atoms with E-state index in [2.05, 4.69) is 63.0 Å². The van der Waals surface area contributed by atoms with Gasteiger partial charge in [0.25, 0.3) is 0 Å². The third-order valence-corrected chi connectivity index (χ3v) is 2.86. The molecule has 1 aromatic heterocycles. The van der Waals surface area contributed by atoms with E-state index in [9.17, 15) is 0 Å². The summed E-state index contributed by atoms with van der Waals surface area (Å²) in [4.78, 5) is 2.38. The Kier molecular flexibility index (Phi) is 6.01. The summed E-state index contributed by atoms with van der Waals surface area (Å²) in [6.45, 7) is 16.8. The van der Waals surface area contributed by atoms with Gasteiger partial charge >= 0.3 is 0 Å². The molecule has 0 spiro atoms. The Balaban J connectivity index is 2.49. The first-order chi connectivity index (χ1) is 8.80. The predicted molar refractivity (Wildman–Crippen MR) is 78.9 cm³/mol. The van der Waals surface area contributed by atoms with Gasteiger partial charge in [-0.25, -0.2) is 0 Å². The lowest BCUT2D eigenvalue weighted by Gasteiger charge is -2.20. The zero-order chi connectivity index (χ0) is 14.5. The third-order valence-electron chi connectivity index (χ3n) is 2.86. The summed E-state index contributed by atoms with van der Waals surface area (Å²) in [5.41, 5.74) is 1.08. The molecule has 4 heteroatoms. The van der Waals surface area contributed by atoms with E-state index in [1.165, 1.54) is 0 Å². The highest BCUT2D eigenvalue weighted by Gasteiger charge is 2.13. The Hall–Kier alpha value is -0.870. The molecule has 110 valence electrons. The van der Waals surface area contributed by atoms with E-state index in [1.807, 2.05) is 0 Å². The lowest BCUT2D eigenvalue weighted by atomic mass is 10.1. The van der Waals surface area contributed by atoms with Gasteiger partial charge in [-0.05, 0) is 33.2 Å². The van der Waals surface area contributed by atoms with Crippen molar-refractivity contribution in [3.8, 4) is 0 Å². The third kappa shape index (κ3) is 6.73. The molecule has 0 saturated carbocycles. The number of hydrogen-bond donors (Lipinski definition) is 1. The Morgan fingerprint density at radius 1 is 1.37 bits per heavy atom. The van der Waals surface area contributed by atoms with E-state index in [-0.39, 0.29) is 5.54 Å². The quantitative estimate of drug-likeness (QED) is 0.824. The van der Waals surface area contributed by atoms with Gasteiger partial charge in [0.1, 0.15) is 0 Å². The summed E-state index contributed by atoms with van der Waals surface area (Å²) in [5, 5.41) is 7.54. The summed E-state index contributed by atoms with van der Waals surface area (Å²) in [5.74, 6) is 1.62. The van der Waals surface area contributed by atoms with E-state index >= 15 is 0 Å². The lowest BCUT2D eigenvalue weighted by molar-refractivity contribution is 0.218. The standard InChI is InChI=1S/C15H29N3O/c1-7-18(10-12(2)3)11-14-8-13(17-19-14)9-16-15(4,5)6/h8,12,16H,7,9-11H2,1-6H3. The molecule has 0 bridgehead atoms. The summed E-state index contributed by atoms with van der Waals surface area (Å²) in [6, 6.07) is 2.06. The van der Waals surface area contributed by atoms with Gasteiger partial charge in [-0.3, -0.25) is 4.90 Å². The van der Waals surface area contributed by atoms with Gasteiger partial charge in [-0.15, -0.1) is 0 Å². The number of hydrogen-bond acceptors (Lipinski definition) is 4. The summed E-state index contributed by atoms with van der Waals surface area (Å²) < 4.78 is 5.41. The molecule has 4 nitrogen and oxygen atoms in total. The molecule has 0 radical (unpaired) electrons. The first-order valence-electron chi connectivity index (χ1n) is 7.22. The molecule has 1 rings (SSSR count). The van der Waals surface area contributed by atoms with E-state index < -0.39 is 0 Å². The van der Waals surface area contributed by atoms with Crippen LogP contribution in [0.25, 0.3) is 0 Å². The van der Waals surface area contributed by atoms with Gasteiger partial charge in [-0.1, -0.05) is 25.9 Å². The second-order valence-electron chi connectivity index (χ2n) is 6.61. The Morgan fingerprint density at radius 2 is 2.05 bits per heavy atom. The molecule has 0 amide bonds. The molecule has 0 aromatic carbocycles. The first kappa shape index (κ1) is 16.2. The fourth-order valence-corrected chi connectivity index (χ4v) is 1.91. The molecule has 0 saturated heterocycles. The lowest BCUT2D eigenvalue weighted by Crippen LogP contribution is -2.35. The van der Waals surface area contributed by atoms with Crippen LogP contribution in [0.1, 0.15) is 53.0 Å². The van der Waals surface area contributed by atoms with Crippen molar-refractivity contribution in [2.45, 2.75) is 60.2 Å². The van der Waals surface area contributed by atoms with Crippen molar-refractivity contribution >= 4 is 0 Å². The van der Waals surface area contributed by atoms with Gasteiger partial charge in [0.05, 0.1) is 12.2 Å². The molecule has 0 aliphatic rings. The molecule has 1 heterocycles. The van der Waals surface area contributed by atoms with Crippen molar-refractivity contribution in [2.24, 2.45) is 5.92 Å². The number of aromatic nitrogens is 1. The minimum Gasteiger partial charge on any atom is -0.360 e. The molecule has 0 unspecified atom stereocenters. The Labute approximate surface area is 117 Å².